The number of thiophene rings is 1. The summed E-state index contributed by atoms with van der Waals surface area (Å²) < 4.78 is 2.52. The molecule has 4 rings (SSSR count). The Balaban J connectivity index is 1.98. The molecule has 0 fully saturated rings. The van der Waals surface area contributed by atoms with Crippen molar-refractivity contribution in [2.45, 2.75) is 0 Å². The van der Waals surface area contributed by atoms with Gasteiger partial charge in [-0.05, 0) is 5.56 Å². The third kappa shape index (κ3) is 1.96. The summed E-state index contributed by atoms with van der Waals surface area (Å²) in [6.07, 6.45) is 3.51. The van der Waals surface area contributed by atoms with Crippen molar-refractivity contribution in [3.63, 3.8) is 0 Å². The number of nitrogens with zero attached hydrogens (tertiary/aromatic N) is 4. The van der Waals surface area contributed by atoms with E-state index in [-0.39, 0.29) is 5.88 Å². The Morgan fingerprint density at radius 2 is 1.95 bits per heavy atom. The quantitative estimate of drug-likeness (QED) is 0.616. The normalized spacial score (nSPS) is 11.1. The van der Waals surface area contributed by atoms with E-state index in [4.69, 9.17) is 0 Å². The molecule has 0 bridgehead atoms. The van der Waals surface area contributed by atoms with Crippen LogP contribution in [0.5, 0.6) is 5.88 Å². The van der Waals surface area contributed by atoms with E-state index in [1.807, 2.05) is 53.5 Å². The molecule has 0 atom stereocenters. The number of imidazole rings is 1. The summed E-state index contributed by atoms with van der Waals surface area (Å²) in [6, 6.07) is 10.0. The molecule has 0 radical (unpaired) electrons. The molecule has 4 aromatic rings. The lowest BCUT2D eigenvalue weighted by Gasteiger charge is -2.04. The maximum Gasteiger partial charge on any atom is 0.233 e. The van der Waals surface area contributed by atoms with Gasteiger partial charge < -0.3 is 9.67 Å². The van der Waals surface area contributed by atoms with Gasteiger partial charge in [-0.15, -0.1) is 11.3 Å². The maximum absolute atomic E-state index is 10.2. The summed E-state index contributed by atoms with van der Waals surface area (Å²) in [5.74, 6) is 1.05. The molecule has 22 heavy (non-hydrogen) atoms. The van der Waals surface area contributed by atoms with E-state index in [0.717, 1.165) is 16.6 Å². The van der Waals surface area contributed by atoms with Crippen molar-refractivity contribution >= 4 is 21.6 Å². The predicted octanol–water partition coefficient (Wildman–Crippen LogP) is 3.46. The average molecular weight is 308 g/mol. The van der Waals surface area contributed by atoms with E-state index in [1.54, 1.807) is 6.20 Å². The molecule has 0 saturated carbocycles. The fourth-order valence-electron chi connectivity index (χ4n) is 2.41. The Morgan fingerprint density at radius 3 is 2.68 bits per heavy atom. The van der Waals surface area contributed by atoms with Crippen LogP contribution < -0.4 is 0 Å². The average Bonchev–Trinajstić information content (AvgIpc) is 3.14. The Labute approximate surface area is 130 Å². The molecule has 0 unspecified atom stereocenters. The molecule has 5 nitrogen and oxygen atoms in total. The lowest BCUT2D eigenvalue weighted by Crippen LogP contribution is -1.97. The predicted molar refractivity (Wildman–Crippen MR) is 86.7 cm³/mol. The largest absolute Gasteiger partial charge is 0.492 e. The summed E-state index contributed by atoms with van der Waals surface area (Å²) in [6.45, 7) is 0. The fraction of sp³-hybridized carbons (Fsp3) is 0.0625. The minimum absolute atomic E-state index is 0.00446. The second-order valence-corrected chi connectivity index (χ2v) is 5.81. The second kappa shape index (κ2) is 4.92. The Kier molecular flexibility index (Phi) is 2.90. The molecule has 108 valence electrons. The zero-order valence-electron chi connectivity index (χ0n) is 11.8. The summed E-state index contributed by atoms with van der Waals surface area (Å²) in [7, 11) is 1.87. The van der Waals surface area contributed by atoms with Crippen LogP contribution in [0, 0.1) is 0 Å². The molecular weight excluding hydrogens is 296 g/mol. The van der Waals surface area contributed by atoms with Crippen LogP contribution in [-0.2, 0) is 7.05 Å². The van der Waals surface area contributed by atoms with Crippen LogP contribution in [0.1, 0.15) is 0 Å². The Morgan fingerprint density at radius 1 is 1.14 bits per heavy atom. The lowest BCUT2D eigenvalue weighted by molar-refractivity contribution is 0.461. The van der Waals surface area contributed by atoms with Gasteiger partial charge in [0.2, 0.25) is 5.88 Å². The number of aromatic nitrogens is 4. The highest BCUT2D eigenvalue weighted by Crippen LogP contribution is 2.37. The topological polar surface area (TPSA) is 63.8 Å². The molecule has 3 aromatic heterocycles. The van der Waals surface area contributed by atoms with Gasteiger partial charge in [0.15, 0.2) is 11.6 Å². The van der Waals surface area contributed by atoms with Crippen LogP contribution in [0.2, 0.25) is 0 Å². The summed E-state index contributed by atoms with van der Waals surface area (Å²) in [4.78, 5) is 13.1. The van der Waals surface area contributed by atoms with Gasteiger partial charge in [0, 0.05) is 30.4 Å². The van der Waals surface area contributed by atoms with E-state index in [1.165, 1.54) is 11.3 Å². The van der Waals surface area contributed by atoms with Gasteiger partial charge in [0.05, 0.1) is 5.52 Å². The molecular formula is C16H12N4OS. The van der Waals surface area contributed by atoms with Gasteiger partial charge in [0.1, 0.15) is 4.70 Å². The van der Waals surface area contributed by atoms with E-state index < -0.39 is 0 Å². The minimum atomic E-state index is -0.00446. The first-order valence-electron chi connectivity index (χ1n) is 6.75. The van der Waals surface area contributed by atoms with Crippen LogP contribution in [0.3, 0.4) is 0 Å². The monoisotopic (exact) mass is 308 g/mol. The second-order valence-electron chi connectivity index (χ2n) is 4.93. The molecule has 6 heteroatoms. The zero-order chi connectivity index (χ0) is 15.1. The highest BCUT2D eigenvalue weighted by molar-refractivity contribution is 7.18. The van der Waals surface area contributed by atoms with Crippen molar-refractivity contribution in [3.8, 4) is 28.7 Å². The molecule has 0 aliphatic carbocycles. The number of aryl methyl sites for hydroxylation is 1. The van der Waals surface area contributed by atoms with Crippen molar-refractivity contribution in [1.82, 2.24) is 19.5 Å². The van der Waals surface area contributed by atoms with Crippen LogP contribution in [0.25, 0.3) is 33.0 Å². The number of hydrogen-bond donors (Lipinski definition) is 1. The fourth-order valence-corrected chi connectivity index (χ4v) is 3.31. The van der Waals surface area contributed by atoms with Crippen LogP contribution in [-0.4, -0.2) is 24.6 Å². The minimum Gasteiger partial charge on any atom is -0.492 e. The van der Waals surface area contributed by atoms with Gasteiger partial charge >= 0.3 is 0 Å². The standard InChI is InChI=1S/C16H12N4OS/c1-20-8-7-17-15(20)14-18-12-11(10-5-3-2-4-6-10)9-22-13(12)16(21)19-14/h2-9H,1H3,(H,18,19,21). The van der Waals surface area contributed by atoms with Gasteiger partial charge in [-0.25, -0.2) is 9.97 Å². The smallest absolute Gasteiger partial charge is 0.233 e. The zero-order valence-corrected chi connectivity index (χ0v) is 12.6. The van der Waals surface area contributed by atoms with Crippen LogP contribution >= 0.6 is 11.3 Å². The van der Waals surface area contributed by atoms with Crippen molar-refractivity contribution in [2.24, 2.45) is 7.05 Å². The first-order valence-corrected chi connectivity index (χ1v) is 7.63. The number of fused-ring (bicyclic) bond motifs is 1. The third-order valence-corrected chi connectivity index (χ3v) is 4.47. The van der Waals surface area contributed by atoms with E-state index >= 15 is 0 Å². The molecule has 3 heterocycles. The molecule has 1 aromatic carbocycles. The molecule has 1 N–H and O–H groups in total. The van der Waals surface area contributed by atoms with Crippen molar-refractivity contribution in [3.05, 3.63) is 48.1 Å². The molecule has 0 saturated heterocycles. The lowest BCUT2D eigenvalue weighted by atomic mass is 10.1. The Bertz CT molecular complexity index is 959. The summed E-state index contributed by atoms with van der Waals surface area (Å²) >= 11 is 1.44. The third-order valence-electron chi connectivity index (χ3n) is 3.50. The Hall–Kier alpha value is -2.73. The molecule has 0 aliphatic heterocycles. The van der Waals surface area contributed by atoms with Gasteiger partial charge in [-0.2, -0.15) is 4.98 Å². The van der Waals surface area contributed by atoms with Crippen LogP contribution in [0.4, 0.5) is 0 Å². The summed E-state index contributed by atoms with van der Waals surface area (Å²) in [5, 5.41) is 12.2. The number of rotatable bonds is 2. The highest BCUT2D eigenvalue weighted by Gasteiger charge is 2.16. The first kappa shape index (κ1) is 13.0. The maximum atomic E-state index is 10.2. The summed E-state index contributed by atoms with van der Waals surface area (Å²) in [5.41, 5.74) is 2.81. The first-order chi connectivity index (χ1) is 10.7. The van der Waals surface area contributed by atoms with Crippen molar-refractivity contribution in [1.29, 1.82) is 0 Å². The van der Waals surface area contributed by atoms with Gasteiger partial charge in [0.25, 0.3) is 0 Å². The number of benzene rings is 1. The number of aromatic hydroxyl groups is 1. The van der Waals surface area contributed by atoms with Crippen molar-refractivity contribution < 1.29 is 5.11 Å². The number of hydrogen-bond acceptors (Lipinski definition) is 5. The molecule has 0 spiro atoms. The van der Waals surface area contributed by atoms with Gasteiger partial charge in [-0.3, -0.25) is 0 Å². The molecule has 0 amide bonds. The van der Waals surface area contributed by atoms with Gasteiger partial charge in [-0.1, -0.05) is 30.3 Å². The van der Waals surface area contributed by atoms with E-state index in [9.17, 15) is 5.11 Å². The highest BCUT2D eigenvalue weighted by atomic mass is 32.1. The van der Waals surface area contributed by atoms with Crippen LogP contribution in [0.15, 0.2) is 48.1 Å². The SMILES string of the molecule is Cn1ccnc1-c1nc(O)c2scc(-c3ccccc3)c2n1. The van der Waals surface area contributed by atoms with Crippen molar-refractivity contribution in [2.75, 3.05) is 0 Å². The molecule has 0 aliphatic rings. The van der Waals surface area contributed by atoms with E-state index in [2.05, 4.69) is 15.0 Å². The van der Waals surface area contributed by atoms with E-state index in [0.29, 0.717) is 16.3 Å².